The summed E-state index contributed by atoms with van der Waals surface area (Å²) in [6.45, 7) is 9.68. The zero-order valence-electron chi connectivity index (χ0n) is 11.2. The molecule has 2 aliphatic rings. The molecule has 1 saturated heterocycles. The number of hydrogen-bond acceptors (Lipinski definition) is 3. The third-order valence-corrected chi connectivity index (χ3v) is 4.06. The normalized spacial score (nSPS) is 38.6. The molecule has 0 aromatic rings. The van der Waals surface area contributed by atoms with Gasteiger partial charge in [-0.1, -0.05) is 25.7 Å². The largest absolute Gasteiger partial charge is 0.450 e. The first-order valence-electron chi connectivity index (χ1n) is 6.13. The van der Waals surface area contributed by atoms with E-state index in [2.05, 4.69) is 32.6 Å². The highest BCUT2D eigenvalue weighted by molar-refractivity contribution is 5.66. The molecule has 0 aromatic carbocycles. The van der Waals surface area contributed by atoms with Crippen molar-refractivity contribution in [2.45, 2.75) is 64.8 Å². The fourth-order valence-electron chi connectivity index (χ4n) is 2.93. The van der Waals surface area contributed by atoms with E-state index in [1.807, 2.05) is 0 Å². The Labute approximate surface area is 103 Å². The second-order valence-electron chi connectivity index (χ2n) is 5.92. The van der Waals surface area contributed by atoms with Crippen molar-refractivity contribution < 1.29 is 14.3 Å². The summed E-state index contributed by atoms with van der Waals surface area (Å²) < 4.78 is 10.9. The van der Waals surface area contributed by atoms with Crippen LogP contribution in [0.25, 0.3) is 0 Å². The predicted molar refractivity (Wildman–Crippen MR) is 64.2 cm³/mol. The SMILES string of the molecule is CC(=O)OC(C)C#CC12OC1(C)CCC2(C)C. The highest BCUT2D eigenvalue weighted by atomic mass is 16.6. The molecule has 3 nitrogen and oxygen atoms in total. The Morgan fingerprint density at radius 2 is 2.00 bits per heavy atom. The van der Waals surface area contributed by atoms with E-state index in [0.29, 0.717) is 0 Å². The van der Waals surface area contributed by atoms with E-state index in [0.717, 1.165) is 12.8 Å². The van der Waals surface area contributed by atoms with Crippen molar-refractivity contribution in [1.29, 1.82) is 0 Å². The average molecular weight is 236 g/mol. The van der Waals surface area contributed by atoms with Crippen LogP contribution in [0.3, 0.4) is 0 Å². The lowest BCUT2D eigenvalue weighted by Crippen LogP contribution is -2.31. The van der Waals surface area contributed by atoms with Crippen molar-refractivity contribution >= 4 is 5.97 Å². The molecule has 3 atom stereocenters. The number of fused-ring (bicyclic) bond motifs is 1. The summed E-state index contributed by atoms with van der Waals surface area (Å²) in [5, 5.41) is 0. The topological polar surface area (TPSA) is 38.8 Å². The van der Waals surface area contributed by atoms with Gasteiger partial charge in [0.2, 0.25) is 0 Å². The third-order valence-electron chi connectivity index (χ3n) is 4.06. The quantitative estimate of drug-likeness (QED) is 0.398. The molecule has 2 rings (SSSR count). The lowest BCUT2D eigenvalue weighted by atomic mass is 9.79. The number of hydrogen-bond donors (Lipinski definition) is 0. The Morgan fingerprint density at radius 3 is 2.41 bits per heavy atom. The maximum absolute atomic E-state index is 10.8. The van der Waals surface area contributed by atoms with Crippen LogP contribution in [0.5, 0.6) is 0 Å². The zero-order valence-corrected chi connectivity index (χ0v) is 11.2. The van der Waals surface area contributed by atoms with Crippen molar-refractivity contribution in [1.82, 2.24) is 0 Å². The number of esters is 1. The Hall–Kier alpha value is -1.01. The predicted octanol–water partition coefficient (Wildman–Crippen LogP) is 2.29. The van der Waals surface area contributed by atoms with E-state index < -0.39 is 0 Å². The van der Waals surface area contributed by atoms with E-state index in [4.69, 9.17) is 9.47 Å². The first-order chi connectivity index (χ1) is 7.72. The molecule has 1 saturated carbocycles. The van der Waals surface area contributed by atoms with Gasteiger partial charge < -0.3 is 9.47 Å². The van der Waals surface area contributed by atoms with Gasteiger partial charge in [0.1, 0.15) is 5.60 Å². The van der Waals surface area contributed by atoms with E-state index in [9.17, 15) is 4.79 Å². The van der Waals surface area contributed by atoms with Crippen molar-refractivity contribution in [2.24, 2.45) is 5.41 Å². The molecule has 3 heteroatoms. The summed E-state index contributed by atoms with van der Waals surface area (Å²) in [6.07, 6.45) is 1.81. The molecular weight excluding hydrogens is 216 g/mol. The van der Waals surface area contributed by atoms with Crippen LogP contribution in [0, 0.1) is 17.3 Å². The van der Waals surface area contributed by atoms with Gasteiger partial charge in [-0.15, -0.1) is 0 Å². The summed E-state index contributed by atoms with van der Waals surface area (Å²) in [6, 6.07) is 0. The molecule has 17 heavy (non-hydrogen) atoms. The van der Waals surface area contributed by atoms with Gasteiger partial charge in [-0.3, -0.25) is 4.79 Å². The molecule has 0 radical (unpaired) electrons. The van der Waals surface area contributed by atoms with Gasteiger partial charge in [0.05, 0.1) is 0 Å². The minimum atomic E-state index is -0.369. The fraction of sp³-hybridized carbons (Fsp3) is 0.786. The zero-order chi connectivity index (χ0) is 12.9. The van der Waals surface area contributed by atoms with Gasteiger partial charge in [-0.05, 0) is 26.7 Å². The molecule has 0 bridgehead atoms. The van der Waals surface area contributed by atoms with Crippen LogP contribution in [-0.4, -0.2) is 23.3 Å². The number of epoxide rings is 1. The summed E-state index contributed by atoms with van der Waals surface area (Å²) in [5.74, 6) is 5.92. The van der Waals surface area contributed by atoms with Crippen molar-refractivity contribution in [3.8, 4) is 11.8 Å². The molecule has 0 N–H and O–H groups in total. The van der Waals surface area contributed by atoms with E-state index in [1.54, 1.807) is 6.92 Å². The Bertz CT molecular complexity index is 415. The molecule has 1 aliphatic carbocycles. The van der Waals surface area contributed by atoms with Crippen LogP contribution in [0.4, 0.5) is 0 Å². The highest BCUT2D eigenvalue weighted by Gasteiger charge is 2.77. The minimum Gasteiger partial charge on any atom is -0.450 e. The molecule has 1 heterocycles. The Morgan fingerprint density at radius 1 is 1.35 bits per heavy atom. The third kappa shape index (κ3) is 1.75. The van der Waals surface area contributed by atoms with Crippen LogP contribution < -0.4 is 0 Å². The fourth-order valence-corrected chi connectivity index (χ4v) is 2.93. The number of carbonyl (C=O) groups excluding carboxylic acids is 1. The van der Waals surface area contributed by atoms with Crippen molar-refractivity contribution in [3.05, 3.63) is 0 Å². The summed E-state index contributed by atoms with van der Waals surface area (Å²) in [7, 11) is 0. The van der Waals surface area contributed by atoms with Gasteiger partial charge in [-0.2, -0.15) is 0 Å². The number of rotatable bonds is 1. The number of carbonyl (C=O) groups is 1. The van der Waals surface area contributed by atoms with Crippen LogP contribution in [0.15, 0.2) is 0 Å². The standard InChI is InChI=1S/C14H20O3/c1-10(16-11(2)15)6-7-14-12(3,4)8-9-13(14,5)17-14/h10H,8-9H2,1-5H3. The molecule has 0 aromatic heterocycles. The van der Waals surface area contributed by atoms with Crippen LogP contribution in [0.1, 0.15) is 47.5 Å². The second kappa shape index (κ2) is 3.49. The molecule has 0 amide bonds. The monoisotopic (exact) mass is 236 g/mol. The summed E-state index contributed by atoms with van der Waals surface area (Å²) in [5.41, 5.74) is -0.363. The van der Waals surface area contributed by atoms with E-state index >= 15 is 0 Å². The molecule has 0 spiro atoms. The molecular formula is C14H20O3. The molecule has 2 fully saturated rings. The van der Waals surface area contributed by atoms with Gasteiger partial charge in [0.15, 0.2) is 11.7 Å². The lowest BCUT2D eigenvalue weighted by Gasteiger charge is -2.24. The lowest BCUT2D eigenvalue weighted by molar-refractivity contribution is -0.143. The van der Waals surface area contributed by atoms with E-state index in [-0.39, 0.29) is 28.7 Å². The Balaban J connectivity index is 2.14. The Kier molecular flexibility index (Phi) is 2.56. The van der Waals surface area contributed by atoms with Crippen molar-refractivity contribution in [3.63, 3.8) is 0 Å². The van der Waals surface area contributed by atoms with Gasteiger partial charge >= 0.3 is 5.97 Å². The number of ether oxygens (including phenoxy) is 2. The van der Waals surface area contributed by atoms with Crippen LogP contribution in [-0.2, 0) is 14.3 Å². The summed E-state index contributed by atoms with van der Waals surface area (Å²) in [4.78, 5) is 10.8. The van der Waals surface area contributed by atoms with Gasteiger partial charge in [-0.25, -0.2) is 0 Å². The first-order valence-corrected chi connectivity index (χ1v) is 6.13. The first kappa shape index (κ1) is 12.4. The van der Waals surface area contributed by atoms with E-state index in [1.165, 1.54) is 6.92 Å². The van der Waals surface area contributed by atoms with Crippen LogP contribution in [0.2, 0.25) is 0 Å². The van der Waals surface area contributed by atoms with Crippen LogP contribution >= 0.6 is 0 Å². The van der Waals surface area contributed by atoms with Gasteiger partial charge in [0.25, 0.3) is 0 Å². The molecule has 94 valence electrons. The smallest absolute Gasteiger partial charge is 0.303 e. The second-order valence-corrected chi connectivity index (χ2v) is 5.92. The molecule has 1 aliphatic heterocycles. The summed E-state index contributed by atoms with van der Waals surface area (Å²) >= 11 is 0. The average Bonchev–Trinajstić information content (AvgIpc) is 2.75. The maximum Gasteiger partial charge on any atom is 0.303 e. The highest BCUT2D eigenvalue weighted by Crippen LogP contribution is 2.67. The minimum absolute atomic E-state index is 0.0741. The molecule has 3 unspecified atom stereocenters. The maximum atomic E-state index is 10.8. The van der Waals surface area contributed by atoms with Crippen molar-refractivity contribution in [2.75, 3.05) is 0 Å². The van der Waals surface area contributed by atoms with Gasteiger partial charge in [0, 0.05) is 12.3 Å².